The van der Waals surface area contributed by atoms with Gasteiger partial charge in [-0.2, -0.15) is 4.99 Å². The molecular weight excluding hydrogens is 443 g/mol. The lowest BCUT2D eigenvalue weighted by Crippen LogP contribution is -2.23. The van der Waals surface area contributed by atoms with Gasteiger partial charge in [-0.25, -0.2) is 0 Å². The number of carbonyl (C=O) groups is 2. The maximum Gasteiger partial charge on any atom is 0.286 e. The highest BCUT2D eigenvalue weighted by atomic mass is 35.5. The minimum absolute atomic E-state index is 0.235. The lowest BCUT2D eigenvalue weighted by Gasteiger charge is -2.10. The van der Waals surface area contributed by atoms with Crippen molar-refractivity contribution in [3.8, 4) is 5.75 Å². The van der Waals surface area contributed by atoms with Crippen molar-refractivity contribution in [1.29, 1.82) is 0 Å². The van der Waals surface area contributed by atoms with Gasteiger partial charge in [0.05, 0.1) is 9.93 Å². The van der Waals surface area contributed by atoms with Crippen molar-refractivity contribution in [2.45, 2.75) is 13.5 Å². The third-order valence-electron chi connectivity index (χ3n) is 3.56. The summed E-state index contributed by atoms with van der Waals surface area (Å²) in [5, 5.41) is 4.20. The van der Waals surface area contributed by atoms with E-state index in [0.29, 0.717) is 31.3 Å². The molecule has 3 rings (SSSR count). The van der Waals surface area contributed by atoms with E-state index >= 15 is 0 Å². The first-order valence-corrected chi connectivity index (χ1v) is 9.93. The largest absolute Gasteiger partial charge is 0.487 e. The van der Waals surface area contributed by atoms with Gasteiger partial charge in [0.2, 0.25) is 5.91 Å². The Kier molecular flexibility index (Phi) is 6.67. The molecule has 0 bridgehead atoms. The van der Waals surface area contributed by atoms with E-state index in [2.05, 4.69) is 10.3 Å². The van der Waals surface area contributed by atoms with Gasteiger partial charge in [0.25, 0.3) is 5.91 Å². The zero-order chi connectivity index (χ0) is 20.3. The highest BCUT2D eigenvalue weighted by Crippen LogP contribution is 2.31. The van der Waals surface area contributed by atoms with Crippen LogP contribution in [-0.2, 0) is 16.2 Å². The standard InChI is InChI=1S/C19H13Cl3N2O3S/c1-10(25)23-19-24-18(26)17(28-19)7-11-2-5-16(15(22)6-11)27-9-12-3-4-13(20)8-14(12)21/h2-8H,9H2,1H3,(H,23,24,25,26)/b17-7-. The predicted octanol–water partition coefficient (Wildman–Crippen LogP) is 5.33. The number of rotatable bonds is 4. The molecule has 0 radical (unpaired) electrons. The normalized spacial score (nSPS) is 14.9. The van der Waals surface area contributed by atoms with E-state index in [1.165, 1.54) is 6.92 Å². The lowest BCUT2D eigenvalue weighted by molar-refractivity contribution is -0.117. The van der Waals surface area contributed by atoms with Gasteiger partial charge in [-0.15, -0.1) is 0 Å². The second-order valence-electron chi connectivity index (χ2n) is 5.73. The van der Waals surface area contributed by atoms with Gasteiger partial charge in [-0.3, -0.25) is 9.59 Å². The van der Waals surface area contributed by atoms with Crippen LogP contribution < -0.4 is 10.1 Å². The molecule has 0 aliphatic carbocycles. The molecule has 0 atom stereocenters. The highest BCUT2D eigenvalue weighted by Gasteiger charge is 2.22. The van der Waals surface area contributed by atoms with Gasteiger partial charge in [0.15, 0.2) is 5.17 Å². The summed E-state index contributed by atoms with van der Waals surface area (Å²) in [5.74, 6) is -0.219. The molecule has 1 heterocycles. The van der Waals surface area contributed by atoms with Crippen LogP contribution >= 0.6 is 46.6 Å². The van der Waals surface area contributed by atoms with Crippen molar-refractivity contribution in [3.63, 3.8) is 0 Å². The van der Waals surface area contributed by atoms with E-state index in [1.54, 1.807) is 42.5 Å². The summed E-state index contributed by atoms with van der Waals surface area (Å²) in [7, 11) is 0. The molecule has 5 nitrogen and oxygen atoms in total. The minimum atomic E-state index is -0.414. The Morgan fingerprint density at radius 1 is 1.18 bits per heavy atom. The number of aliphatic imine (C=N–C) groups is 1. The molecule has 0 spiro atoms. The van der Waals surface area contributed by atoms with Crippen molar-refractivity contribution >= 4 is 69.6 Å². The summed E-state index contributed by atoms with van der Waals surface area (Å²) in [6.07, 6.45) is 1.65. The molecule has 0 saturated carbocycles. The van der Waals surface area contributed by atoms with Crippen LogP contribution in [0.3, 0.4) is 0 Å². The fourth-order valence-electron chi connectivity index (χ4n) is 2.28. The smallest absolute Gasteiger partial charge is 0.286 e. The summed E-state index contributed by atoms with van der Waals surface area (Å²) in [6.45, 7) is 1.59. The summed E-state index contributed by atoms with van der Waals surface area (Å²) in [5.41, 5.74) is 1.49. The maximum absolute atomic E-state index is 11.9. The van der Waals surface area contributed by atoms with E-state index in [4.69, 9.17) is 39.5 Å². The molecule has 0 aromatic heterocycles. The summed E-state index contributed by atoms with van der Waals surface area (Å²) >= 11 is 19.4. The third-order valence-corrected chi connectivity index (χ3v) is 5.34. The van der Waals surface area contributed by atoms with Gasteiger partial charge in [0.1, 0.15) is 12.4 Å². The van der Waals surface area contributed by atoms with Gasteiger partial charge in [-0.05, 0) is 47.7 Å². The predicted molar refractivity (Wildman–Crippen MR) is 114 cm³/mol. The number of halogens is 3. The number of amidine groups is 1. The number of nitrogens with zero attached hydrogens (tertiary/aromatic N) is 1. The Hall–Kier alpha value is -1.99. The number of hydrogen-bond acceptors (Lipinski definition) is 4. The molecule has 0 unspecified atom stereocenters. The number of hydrogen-bond donors (Lipinski definition) is 1. The average molecular weight is 456 g/mol. The van der Waals surface area contributed by atoms with Crippen molar-refractivity contribution < 1.29 is 14.3 Å². The van der Waals surface area contributed by atoms with Crippen LogP contribution in [0, 0.1) is 0 Å². The molecular formula is C19H13Cl3N2O3S. The van der Waals surface area contributed by atoms with Crippen molar-refractivity contribution in [2.75, 3.05) is 0 Å². The van der Waals surface area contributed by atoms with Crippen LogP contribution in [0.15, 0.2) is 46.3 Å². The molecule has 1 aliphatic heterocycles. The summed E-state index contributed by atoms with van der Waals surface area (Å²) in [4.78, 5) is 27.2. The van der Waals surface area contributed by atoms with E-state index in [1.807, 2.05) is 0 Å². The van der Waals surface area contributed by atoms with Crippen LogP contribution in [0.2, 0.25) is 15.1 Å². The highest BCUT2D eigenvalue weighted by molar-refractivity contribution is 8.18. The number of nitrogens with one attached hydrogen (secondary N) is 1. The fraction of sp³-hybridized carbons (Fsp3) is 0.105. The molecule has 0 saturated heterocycles. The molecule has 144 valence electrons. The second-order valence-corrected chi connectivity index (χ2v) is 8.01. The first-order chi connectivity index (χ1) is 13.3. The van der Waals surface area contributed by atoms with Gasteiger partial charge >= 0.3 is 0 Å². The van der Waals surface area contributed by atoms with E-state index in [-0.39, 0.29) is 17.7 Å². The van der Waals surface area contributed by atoms with Crippen molar-refractivity contribution in [1.82, 2.24) is 5.32 Å². The molecule has 1 N–H and O–H groups in total. The first-order valence-electron chi connectivity index (χ1n) is 7.98. The van der Waals surface area contributed by atoms with Crippen LogP contribution in [-0.4, -0.2) is 17.0 Å². The SMILES string of the molecule is CC(=O)NC1=NC(=O)/C(=C/c2ccc(OCc3ccc(Cl)cc3Cl)c(Cl)c2)S1. The van der Waals surface area contributed by atoms with Crippen LogP contribution in [0.5, 0.6) is 5.75 Å². The molecule has 28 heavy (non-hydrogen) atoms. The molecule has 2 aromatic carbocycles. The summed E-state index contributed by atoms with van der Waals surface area (Å²) < 4.78 is 5.73. The van der Waals surface area contributed by atoms with Crippen molar-refractivity contribution in [2.24, 2.45) is 4.99 Å². The number of ether oxygens (including phenoxy) is 1. The quantitative estimate of drug-likeness (QED) is 0.633. The topological polar surface area (TPSA) is 67.8 Å². The van der Waals surface area contributed by atoms with E-state index in [9.17, 15) is 9.59 Å². The Bertz CT molecular complexity index is 1020. The molecule has 1 aliphatic rings. The van der Waals surface area contributed by atoms with Gasteiger partial charge < -0.3 is 10.1 Å². The zero-order valence-corrected chi connectivity index (χ0v) is 17.5. The van der Waals surface area contributed by atoms with E-state index < -0.39 is 5.91 Å². The van der Waals surface area contributed by atoms with E-state index in [0.717, 1.165) is 17.3 Å². The molecule has 0 fully saturated rings. The van der Waals surface area contributed by atoms with Gasteiger partial charge in [-0.1, -0.05) is 46.9 Å². The third kappa shape index (κ3) is 5.29. The monoisotopic (exact) mass is 454 g/mol. The second kappa shape index (κ2) is 9.01. The zero-order valence-electron chi connectivity index (χ0n) is 14.5. The Morgan fingerprint density at radius 2 is 1.96 bits per heavy atom. The first kappa shape index (κ1) is 20.7. The molecule has 2 aromatic rings. The Balaban J connectivity index is 1.69. The lowest BCUT2D eigenvalue weighted by atomic mass is 10.2. The number of carbonyl (C=O) groups excluding carboxylic acids is 2. The van der Waals surface area contributed by atoms with Crippen LogP contribution in [0.25, 0.3) is 6.08 Å². The van der Waals surface area contributed by atoms with Crippen LogP contribution in [0.1, 0.15) is 18.1 Å². The minimum Gasteiger partial charge on any atom is -0.487 e. The van der Waals surface area contributed by atoms with Crippen molar-refractivity contribution in [3.05, 3.63) is 67.5 Å². The molecule has 2 amide bonds. The Labute approximate surface area is 180 Å². The number of amides is 2. The van der Waals surface area contributed by atoms with Crippen LogP contribution in [0.4, 0.5) is 0 Å². The molecule has 9 heteroatoms. The summed E-state index contributed by atoms with van der Waals surface area (Å²) in [6, 6.07) is 10.3. The maximum atomic E-state index is 11.9. The number of benzene rings is 2. The average Bonchev–Trinajstić information content (AvgIpc) is 2.94. The fourth-order valence-corrected chi connectivity index (χ4v) is 3.85. The Morgan fingerprint density at radius 3 is 2.64 bits per heavy atom. The number of thioether (sulfide) groups is 1. The van der Waals surface area contributed by atoms with Gasteiger partial charge in [0, 0.05) is 22.5 Å².